The molecule has 5 heteroatoms. The van der Waals surface area contributed by atoms with Gasteiger partial charge in [0, 0.05) is 31.6 Å². The van der Waals surface area contributed by atoms with Gasteiger partial charge < -0.3 is 15.1 Å². The molecule has 3 aliphatic rings. The number of carbonyl (C=O) groups is 2. The molecular weight excluding hydrogens is 290 g/mol. The van der Waals surface area contributed by atoms with Gasteiger partial charge in [0.25, 0.3) is 0 Å². The summed E-state index contributed by atoms with van der Waals surface area (Å²) in [5.41, 5.74) is 0. The van der Waals surface area contributed by atoms with E-state index in [1.807, 2.05) is 4.90 Å². The fourth-order valence-corrected chi connectivity index (χ4v) is 4.48. The normalized spacial score (nSPS) is 29.8. The third kappa shape index (κ3) is 3.54. The van der Waals surface area contributed by atoms with Crippen LogP contribution >= 0.6 is 0 Å². The summed E-state index contributed by atoms with van der Waals surface area (Å²) < 4.78 is 0. The molecule has 3 rings (SSSR count). The monoisotopic (exact) mass is 321 g/mol. The number of fused-ring (bicyclic) bond motifs is 2. The van der Waals surface area contributed by atoms with Crippen LogP contribution in [0.1, 0.15) is 58.8 Å². The van der Waals surface area contributed by atoms with E-state index in [0.29, 0.717) is 24.4 Å². The van der Waals surface area contributed by atoms with Gasteiger partial charge in [0.1, 0.15) is 6.04 Å². The topological polar surface area (TPSA) is 52.7 Å². The van der Waals surface area contributed by atoms with Crippen LogP contribution in [-0.2, 0) is 9.59 Å². The quantitative estimate of drug-likeness (QED) is 0.858. The number of piperidine rings is 1. The summed E-state index contributed by atoms with van der Waals surface area (Å²) in [6.07, 6.45) is 6.67. The molecule has 0 aromatic carbocycles. The van der Waals surface area contributed by atoms with Gasteiger partial charge >= 0.3 is 0 Å². The van der Waals surface area contributed by atoms with Gasteiger partial charge in [0.05, 0.1) is 0 Å². The summed E-state index contributed by atoms with van der Waals surface area (Å²) in [5.74, 6) is 0.808. The Kier molecular flexibility index (Phi) is 5.24. The van der Waals surface area contributed by atoms with Crippen molar-refractivity contribution in [1.29, 1.82) is 0 Å². The van der Waals surface area contributed by atoms with E-state index in [1.165, 1.54) is 0 Å². The molecule has 130 valence electrons. The molecule has 0 saturated carbocycles. The van der Waals surface area contributed by atoms with Crippen LogP contribution in [0.4, 0.5) is 0 Å². The number of amides is 2. The van der Waals surface area contributed by atoms with E-state index in [-0.39, 0.29) is 17.9 Å². The number of rotatable bonds is 4. The minimum atomic E-state index is -0.246. The first-order valence-electron chi connectivity index (χ1n) is 9.40. The van der Waals surface area contributed by atoms with E-state index in [0.717, 1.165) is 58.2 Å². The minimum absolute atomic E-state index is 0.176. The van der Waals surface area contributed by atoms with Crippen LogP contribution < -0.4 is 5.32 Å². The number of hydrogen-bond donors (Lipinski definition) is 1. The van der Waals surface area contributed by atoms with Crippen molar-refractivity contribution in [2.75, 3.05) is 19.6 Å². The Balaban J connectivity index is 1.80. The van der Waals surface area contributed by atoms with E-state index in [4.69, 9.17) is 0 Å². The number of nitrogens with zero attached hydrogens (tertiary/aromatic N) is 2. The molecule has 0 aliphatic carbocycles. The van der Waals surface area contributed by atoms with Gasteiger partial charge in [-0.05, 0) is 51.0 Å². The molecule has 1 N–H and O–H groups in total. The second kappa shape index (κ2) is 7.20. The molecule has 3 unspecified atom stereocenters. The first kappa shape index (κ1) is 16.7. The zero-order valence-electron chi connectivity index (χ0n) is 14.6. The zero-order chi connectivity index (χ0) is 16.4. The van der Waals surface area contributed by atoms with E-state index in [9.17, 15) is 9.59 Å². The molecule has 23 heavy (non-hydrogen) atoms. The summed E-state index contributed by atoms with van der Waals surface area (Å²) in [6.45, 7) is 6.96. The maximum Gasteiger partial charge on any atom is 0.245 e. The van der Waals surface area contributed by atoms with Gasteiger partial charge in [-0.1, -0.05) is 13.8 Å². The molecule has 3 heterocycles. The predicted molar refractivity (Wildman–Crippen MR) is 89.9 cm³/mol. The zero-order valence-corrected chi connectivity index (χ0v) is 14.6. The standard InChI is InChI=1S/C18H31N3O2/c1-13(2)11-16(20-10-4-3-5-17(20)22)18(23)21-14-6-7-15(21)12-19-9-8-14/h13-16,19H,3-12H2,1-2H3. The Bertz CT molecular complexity index is 438. The third-order valence-corrected chi connectivity index (χ3v) is 5.62. The lowest BCUT2D eigenvalue weighted by molar-refractivity contribution is -0.149. The molecule has 0 spiro atoms. The van der Waals surface area contributed by atoms with E-state index >= 15 is 0 Å². The second-order valence-electron chi connectivity index (χ2n) is 7.81. The maximum absolute atomic E-state index is 13.4. The van der Waals surface area contributed by atoms with Gasteiger partial charge in [-0.15, -0.1) is 0 Å². The van der Waals surface area contributed by atoms with E-state index in [2.05, 4.69) is 24.1 Å². The molecule has 3 atom stereocenters. The Labute approximate surface area is 139 Å². The van der Waals surface area contributed by atoms with Crippen molar-refractivity contribution in [1.82, 2.24) is 15.1 Å². The van der Waals surface area contributed by atoms with Gasteiger partial charge in [-0.3, -0.25) is 9.59 Å². The SMILES string of the molecule is CC(C)CC(C(=O)N1C2CCNCC1CC2)N1CCCCC1=O. The molecular formula is C18H31N3O2. The van der Waals surface area contributed by atoms with Crippen molar-refractivity contribution < 1.29 is 9.59 Å². The molecule has 2 amide bonds. The van der Waals surface area contributed by atoms with Crippen LogP contribution in [0, 0.1) is 5.92 Å². The van der Waals surface area contributed by atoms with Crippen LogP contribution in [0.3, 0.4) is 0 Å². The van der Waals surface area contributed by atoms with E-state index in [1.54, 1.807) is 0 Å². The van der Waals surface area contributed by atoms with Crippen LogP contribution in [0.25, 0.3) is 0 Å². The largest absolute Gasteiger partial charge is 0.334 e. The fourth-order valence-electron chi connectivity index (χ4n) is 4.48. The fraction of sp³-hybridized carbons (Fsp3) is 0.889. The minimum Gasteiger partial charge on any atom is -0.334 e. The highest BCUT2D eigenvalue weighted by molar-refractivity contribution is 5.88. The summed E-state index contributed by atoms with van der Waals surface area (Å²) in [4.78, 5) is 29.8. The lowest BCUT2D eigenvalue weighted by Gasteiger charge is -2.39. The molecule has 2 bridgehead atoms. The molecule has 3 saturated heterocycles. The van der Waals surface area contributed by atoms with Gasteiger partial charge in [-0.2, -0.15) is 0 Å². The van der Waals surface area contributed by atoms with Crippen LogP contribution in [0.15, 0.2) is 0 Å². The van der Waals surface area contributed by atoms with Crippen LogP contribution in [0.2, 0.25) is 0 Å². The molecule has 5 nitrogen and oxygen atoms in total. The maximum atomic E-state index is 13.4. The summed E-state index contributed by atoms with van der Waals surface area (Å²) >= 11 is 0. The van der Waals surface area contributed by atoms with Gasteiger partial charge in [0.2, 0.25) is 11.8 Å². The Morgan fingerprint density at radius 1 is 1.22 bits per heavy atom. The molecule has 0 aromatic heterocycles. The highest BCUT2D eigenvalue weighted by Gasteiger charge is 2.43. The van der Waals surface area contributed by atoms with Crippen molar-refractivity contribution >= 4 is 11.8 Å². The summed E-state index contributed by atoms with van der Waals surface area (Å²) in [5, 5.41) is 3.46. The van der Waals surface area contributed by atoms with Crippen LogP contribution in [0.5, 0.6) is 0 Å². The Hall–Kier alpha value is -1.10. The second-order valence-corrected chi connectivity index (χ2v) is 7.81. The van der Waals surface area contributed by atoms with E-state index < -0.39 is 0 Å². The smallest absolute Gasteiger partial charge is 0.245 e. The predicted octanol–water partition coefficient (Wildman–Crippen LogP) is 1.77. The third-order valence-electron chi connectivity index (χ3n) is 5.62. The summed E-state index contributed by atoms with van der Waals surface area (Å²) in [6, 6.07) is 0.450. The Morgan fingerprint density at radius 3 is 2.74 bits per heavy atom. The van der Waals surface area contributed by atoms with Crippen molar-refractivity contribution in [3.05, 3.63) is 0 Å². The highest BCUT2D eigenvalue weighted by atomic mass is 16.2. The van der Waals surface area contributed by atoms with Gasteiger partial charge in [0.15, 0.2) is 0 Å². The number of hydrogen-bond acceptors (Lipinski definition) is 3. The average Bonchev–Trinajstić information content (AvgIpc) is 2.78. The van der Waals surface area contributed by atoms with Gasteiger partial charge in [-0.25, -0.2) is 0 Å². The lowest BCUT2D eigenvalue weighted by atomic mass is 9.97. The number of likely N-dealkylation sites (tertiary alicyclic amines) is 1. The van der Waals surface area contributed by atoms with Crippen LogP contribution in [-0.4, -0.2) is 59.4 Å². The van der Waals surface area contributed by atoms with Crippen molar-refractivity contribution in [3.63, 3.8) is 0 Å². The Morgan fingerprint density at radius 2 is 2.00 bits per heavy atom. The highest BCUT2D eigenvalue weighted by Crippen LogP contribution is 2.31. The number of carbonyl (C=O) groups excluding carboxylic acids is 2. The molecule has 0 aromatic rings. The molecule has 3 aliphatic heterocycles. The number of nitrogens with one attached hydrogen (secondary N) is 1. The first-order chi connectivity index (χ1) is 11.1. The van der Waals surface area contributed by atoms with Crippen molar-refractivity contribution in [2.45, 2.75) is 76.9 Å². The molecule has 0 radical (unpaired) electrons. The lowest BCUT2D eigenvalue weighted by Crippen LogP contribution is -2.55. The first-order valence-corrected chi connectivity index (χ1v) is 9.40. The van der Waals surface area contributed by atoms with Crippen molar-refractivity contribution in [2.24, 2.45) is 5.92 Å². The molecule has 3 fully saturated rings. The van der Waals surface area contributed by atoms with Crippen molar-refractivity contribution in [3.8, 4) is 0 Å². The summed E-state index contributed by atoms with van der Waals surface area (Å²) in [7, 11) is 0. The average molecular weight is 321 g/mol.